The molecule has 0 radical (unpaired) electrons. The number of ether oxygens (including phenoxy) is 2. The third-order valence-electron chi connectivity index (χ3n) is 2.08. The summed E-state index contributed by atoms with van der Waals surface area (Å²) in [5.41, 5.74) is 0.941. The molecule has 86 valence electrons. The Morgan fingerprint density at radius 1 is 1.12 bits per heavy atom. The van der Waals surface area contributed by atoms with Crippen LogP contribution < -0.4 is 4.74 Å². The van der Waals surface area contributed by atoms with E-state index in [1.54, 1.807) is 21.1 Å². The second-order valence-corrected chi connectivity index (χ2v) is 3.35. The predicted octanol–water partition coefficient (Wildman–Crippen LogP) is 1.77. The van der Waals surface area contributed by atoms with Gasteiger partial charge in [0, 0.05) is 7.11 Å². The molecular weight excluding hydrogens is 204 g/mol. The molecule has 0 aromatic heterocycles. The summed E-state index contributed by atoms with van der Waals surface area (Å²) in [6.07, 6.45) is -0.962. The van der Waals surface area contributed by atoms with Crippen LogP contribution in [0.3, 0.4) is 0 Å². The van der Waals surface area contributed by atoms with Crippen LogP contribution in [0.4, 0.5) is 0 Å². The van der Waals surface area contributed by atoms with Crippen molar-refractivity contribution in [1.82, 2.24) is 0 Å². The quantitative estimate of drug-likeness (QED) is 0.789. The molecule has 16 heavy (non-hydrogen) atoms. The molecular formula is C13H16O3. The fourth-order valence-corrected chi connectivity index (χ4v) is 1.25. The van der Waals surface area contributed by atoms with Gasteiger partial charge in [-0.25, -0.2) is 0 Å². The van der Waals surface area contributed by atoms with E-state index in [4.69, 9.17) is 14.6 Å². The average Bonchev–Trinajstić information content (AvgIpc) is 2.30. The summed E-state index contributed by atoms with van der Waals surface area (Å²) in [6, 6.07) is 7.49. The van der Waals surface area contributed by atoms with Crippen LogP contribution in [-0.2, 0) is 4.74 Å². The van der Waals surface area contributed by atoms with Gasteiger partial charge in [-0.1, -0.05) is 24.0 Å². The fraction of sp³-hybridized carbons (Fsp3) is 0.385. The van der Waals surface area contributed by atoms with Gasteiger partial charge in [0.15, 0.2) is 0 Å². The molecule has 0 aliphatic heterocycles. The maximum atomic E-state index is 9.08. The Balaban J connectivity index is 2.84. The monoisotopic (exact) mass is 220 g/mol. The first-order valence-corrected chi connectivity index (χ1v) is 5.03. The van der Waals surface area contributed by atoms with Gasteiger partial charge in [0.25, 0.3) is 0 Å². The van der Waals surface area contributed by atoms with Crippen LogP contribution in [0.1, 0.15) is 18.6 Å². The molecule has 1 aromatic carbocycles. The third-order valence-corrected chi connectivity index (χ3v) is 2.08. The first-order valence-electron chi connectivity index (χ1n) is 5.03. The van der Waals surface area contributed by atoms with E-state index in [1.165, 1.54) is 0 Å². The van der Waals surface area contributed by atoms with Gasteiger partial charge in [-0.05, 0) is 24.6 Å². The van der Waals surface area contributed by atoms with Crippen molar-refractivity contribution in [3.8, 4) is 17.6 Å². The van der Waals surface area contributed by atoms with Crippen molar-refractivity contribution in [2.75, 3.05) is 14.2 Å². The number of hydrogen-bond donors (Lipinski definition) is 1. The number of rotatable bonds is 3. The lowest BCUT2D eigenvalue weighted by molar-refractivity contribution is 0.149. The Labute approximate surface area is 96.0 Å². The predicted molar refractivity (Wildman–Crippen MR) is 62.2 cm³/mol. The highest BCUT2D eigenvalue weighted by atomic mass is 16.5. The van der Waals surface area contributed by atoms with Gasteiger partial charge in [0.05, 0.1) is 7.11 Å². The second kappa shape index (κ2) is 6.16. The minimum absolute atomic E-state index is 0.319. The van der Waals surface area contributed by atoms with Crippen molar-refractivity contribution in [3.05, 3.63) is 29.8 Å². The Bertz CT molecular complexity index is 370. The smallest absolute Gasteiger partial charge is 0.143 e. The van der Waals surface area contributed by atoms with Crippen molar-refractivity contribution >= 4 is 0 Å². The minimum Gasteiger partial charge on any atom is -0.497 e. The molecule has 2 atom stereocenters. The van der Waals surface area contributed by atoms with E-state index in [2.05, 4.69) is 11.8 Å². The van der Waals surface area contributed by atoms with Crippen LogP contribution in [0.5, 0.6) is 5.75 Å². The van der Waals surface area contributed by atoms with Crippen LogP contribution in [-0.4, -0.2) is 25.4 Å². The first kappa shape index (κ1) is 12.6. The minimum atomic E-state index is -0.643. The van der Waals surface area contributed by atoms with Crippen molar-refractivity contribution in [1.29, 1.82) is 0 Å². The van der Waals surface area contributed by atoms with Crippen molar-refractivity contribution in [2.24, 2.45) is 0 Å². The molecule has 0 aliphatic rings. The summed E-state index contributed by atoms with van der Waals surface area (Å²) < 4.78 is 10.3. The van der Waals surface area contributed by atoms with Crippen LogP contribution in [0.25, 0.3) is 0 Å². The van der Waals surface area contributed by atoms with Gasteiger partial charge in [-0.2, -0.15) is 0 Å². The topological polar surface area (TPSA) is 38.7 Å². The average molecular weight is 220 g/mol. The number of hydrogen-bond acceptors (Lipinski definition) is 3. The zero-order valence-corrected chi connectivity index (χ0v) is 9.73. The molecule has 0 spiro atoms. The number of aliphatic hydroxyl groups is 1. The molecule has 0 fully saturated rings. The summed E-state index contributed by atoms with van der Waals surface area (Å²) in [5, 5.41) is 9.08. The zero-order chi connectivity index (χ0) is 12.0. The number of methoxy groups -OCH3 is 2. The fourth-order valence-electron chi connectivity index (χ4n) is 1.25. The molecule has 3 nitrogen and oxygen atoms in total. The molecule has 2 unspecified atom stereocenters. The molecule has 0 bridgehead atoms. The highest BCUT2D eigenvalue weighted by molar-refractivity contribution is 5.32. The summed E-state index contributed by atoms with van der Waals surface area (Å²) in [5.74, 6) is 6.33. The Kier molecular flexibility index (Phi) is 4.84. The summed E-state index contributed by atoms with van der Waals surface area (Å²) in [4.78, 5) is 0. The van der Waals surface area contributed by atoms with E-state index in [1.807, 2.05) is 24.3 Å². The second-order valence-electron chi connectivity index (χ2n) is 3.35. The van der Waals surface area contributed by atoms with E-state index in [0.29, 0.717) is 0 Å². The van der Waals surface area contributed by atoms with Crippen molar-refractivity contribution < 1.29 is 14.6 Å². The van der Waals surface area contributed by atoms with Crippen LogP contribution in [0, 0.1) is 11.8 Å². The van der Waals surface area contributed by atoms with Crippen molar-refractivity contribution in [3.63, 3.8) is 0 Å². The van der Waals surface area contributed by atoms with Gasteiger partial charge < -0.3 is 14.6 Å². The molecule has 0 saturated carbocycles. The van der Waals surface area contributed by atoms with Crippen LogP contribution in [0.2, 0.25) is 0 Å². The van der Waals surface area contributed by atoms with Crippen LogP contribution >= 0.6 is 0 Å². The lowest BCUT2D eigenvalue weighted by atomic mass is 10.1. The molecule has 1 aromatic rings. The molecule has 0 amide bonds. The van der Waals surface area contributed by atoms with Gasteiger partial charge in [0.1, 0.15) is 18.0 Å². The van der Waals surface area contributed by atoms with E-state index >= 15 is 0 Å². The summed E-state index contributed by atoms with van der Waals surface area (Å²) in [7, 11) is 3.21. The van der Waals surface area contributed by atoms with Gasteiger partial charge in [0.2, 0.25) is 0 Å². The highest BCUT2D eigenvalue weighted by Gasteiger charge is 2.06. The molecule has 0 aliphatic carbocycles. The lowest BCUT2D eigenvalue weighted by Crippen LogP contribution is -2.01. The molecule has 3 heteroatoms. The Morgan fingerprint density at radius 3 is 2.19 bits per heavy atom. The Hall–Kier alpha value is -1.50. The van der Waals surface area contributed by atoms with E-state index in [9.17, 15) is 0 Å². The summed E-state index contributed by atoms with van der Waals surface area (Å²) >= 11 is 0. The highest BCUT2D eigenvalue weighted by Crippen LogP contribution is 2.19. The van der Waals surface area contributed by atoms with E-state index in [-0.39, 0.29) is 6.10 Å². The third kappa shape index (κ3) is 3.58. The number of benzene rings is 1. The molecule has 1 N–H and O–H groups in total. The van der Waals surface area contributed by atoms with Gasteiger partial charge >= 0.3 is 0 Å². The lowest BCUT2D eigenvalue weighted by Gasteiger charge is -2.09. The van der Waals surface area contributed by atoms with E-state index in [0.717, 1.165) is 11.3 Å². The summed E-state index contributed by atoms with van der Waals surface area (Å²) in [6.45, 7) is 1.62. The van der Waals surface area contributed by atoms with Crippen molar-refractivity contribution in [2.45, 2.75) is 19.1 Å². The van der Waals surface area contributed by atoms with Gasteiger partial charge in [-0.15, -0.1) is 0 Å². The molecule has 0 heterocycles. The normalized spacial score (nSPS) is 13.5. The maximum absolute atomic E-state index is 9.08. The largest absolute Gasteiger partial charge is 0.497 e. The molecule has 0 saturated heterocycles. The number of aliphatic hydroxyl groups excluding tert-OH is 1. The standard InChI is InChI=1S/C13H16O3/c1-10(14)4-9-13(16-3)11-5-7-12(15-2)8-6-11/h5-8,10,13-14H,1-3H3. The zero-order valence-electron chi connectivity index (χ0n) is 9.73. The van der Waals surface area contributed by atoms with Gasteiger partial charge in [-0.3, -0.25) is 0 Å². The maximum Gasteiger partial charge on any atom is 0.143 e. The van der Waals surface area contributed by atoms with E-state index < -0.39 is 6.10 Å². The molecule has 1 rings (SSSR count). The van der Waals surface area contributed by atoms with Crippen LogP contribution in [0.15, 0.2) is 24.3 Å². The Morgan fingerprint density at radius 2 is 1.75 bits per heavy atom. The first-order chi connectivity index (χ1) is 7.67. The SMILES string of the molecule is COc1ccc(C(C#CC(C)O)OC)cc1.